The summed E-state index contributed by atoms with van der Waals surface area (Å²) in [5, 5.41) is 0. The average molecular weight is 247 g/mol. The summed E-state index contributed by atoms with van der Waals surface area (Å²) in [5.74, 6) is -0.0665. The first-order chi connectivity index (χ1) is 8.74. The topological polar surface area (TPSA) is 56.4 Å². The van der Waals surface area contributed by atoms with Gasteiger partial charge < -0.3 is 9.88 Å². The van der Waals surface area contributed by atoms with Gasteiger partial charge in [-0.25, -0.2) is 0 Å². The number of hydrogen-bond acceptors (Lipinski definition) is 3. The van der Waals surface area contributed by atoms with E-state index in [9.17, 15) is 9.59 Å². The first-order valence-corrected chi connectivity index (χ1v) is 6.47. The molecule has 1 saturated heterocycles. The van der Waals surface area contributed by atoms with Crippen molar-refractivity contribution in [1.82, 2.24) is 14.8 Å². The fourth-order valence-corrected chi connectivity index (χ4v) is 2.47. The van der Waals surface area contributed by atoms with Gasteiger partial charge in [0.1, 0.15) is 5.69 Å². The molecule has 1 aromatic heterocycles. The number of amides is 1. The SMILES string of the molecule is O=C(c1cccc(=O)[nH]1)N1CCN(C2CC2)CC1. The predicted octanol–water partition coefficient (Wildman–Crippen LogP) is 0.295. The van der Waals surface area contributed by atoms with E-state index in [1.807, 2.05) is 4.90 Å². The van der Waals surface area contributed by atoms with Gasteiger partial charge in [0, 0.05) is 38.3 Å². The number of aromatic nitrogens is 1. The number of piperazine rings is 1. The lowest BCUT2D eigenvalue weighted by atomic mass is 10.2. The molecule has 0 spiro atoms. The number of nitrogens with zero attached hydrogens (tertiary/aromatic N) is 2. The molecule has 0 radical (unpaired) electrons. The number of pyridine rings is 1. The van der Waals surface area contributed by atoms with Crippen LogP contribution in [0.4, 0.5) is 0 Å². The summed E-state index contributed by atoms with van der Waals surface area (Å²) < 4.78 is 0. The first-order valence-electron chi connectivity index (χ1n) is 6.47. The number of carbonyl (C=O) groups is 1. The van der Waals surface area contributed by atoms with Crippen LogP contribution in [-0.4, -0.2) is 52.9 Å². The van der Waals surface area contributed by atoms with Crippen molar-refractivity contribution in [2.75, 3.05) is 26.2 Å². The molecule has 2 fully saturated rings. The van der Waals surface area contributed by atoms with Crippen molar-refractivity contribution in [1.29, 1.82) is 0 Å². The van der Waals surface area contributed by atoms with E-state index in [2.05, 4.69) is 9.88 Å². The number of rotatable bonds is 2. The predicted molar refractivity (Wildman–Crippen MR) is 67.6 cm³/mol. The van der Waals surface area contributed by atoms with Crippen LogP contribution in [-0.2, 0) is 0 Å². The van der Waals surface area contributed by atoms with E-state index >= 15 is 0 Å². The van der Waals surface area contributed by atoms with Gasteiger partial charge in [0.2, 0.25) is 5.56 Å². The summed E-state index contributed by atoms with van der Waals surface area (Å²) in [6, 6.07) is 5.46. The van der Waals surface area contributed by atoms with Crippen LogP contribution in [0.5, 0.6) is 0 Å². The van der Waals surface area contributed by atoms with Gasteiger partial charge in [-0.15, -0.1) is 0 Å². The Morgan fingerprint density at radius 1 is 1.17 bits per heavy atom. The molecule has 1 aliphatic heterocycles. The van der Waals surface area contributed by atoms with E-state index < -0.39 is 0 Å². The molecular weight excluding hydrogens is 230 g/mol. The van der Waals surface area contributed by atoms with E-state index in [4.69, 9.17) is 0 Å². The highest BCUT2D eigenvalue weighted by Crippen LogP contribution is 2.27. The molecule has 96 valence electrons. The highest BCUT2D eigenvalue weighted by molar-refractivity contribution is 5.92. The molecule has 1 saturated carbocycles. The Labute approximate surface area is 105 Å². The van der Waals surface area contributed by atoms with E-state index in [0.717, 1.165) is 32.2 Å². The van der Waals surface area contributed by atoms with Crippen LogP contribution in [0, 0.1) is 0 Å². The molecule has 0 bridgehead atoms. The molecular formula is C13H17N3O2. The van der Waals surface area contributed by atoms with Crippen LogP contribution in [0.3, 0.4) is 0 Å². The molecule has 2 aliphatic rings. The van der Waals surface area contributed by atoms with Crippen LogP contribution >= 0.6 is 0 Å². The van der Waals surface area contributed by atoms with Gasteiger partial charge in [-0.05, 0) is 18.9 Å². The maximum atomic E-state index is 12.2. The van der Waals surface area contributed by atoms with Crippen molar-refractivity contribution in [3.63, 3.8) is 0 Å². The zero-order valence-electron chi connectivity index (χ0n) is 10.3. The van der Waals surface area contributed by atoms with Gasteiger partial charge in [0.25, 0.3) is 5.91 Å². The van der Waals surface area contributed by atoms with Gasteiger partial charge in [0.15, 0.2) is 0 Å². The number of hydrogen-bond donors (Lipinski definition) is 1. The second kappa shape index (κ2) is 4.57. The van der Waals surface area contributed by atoms with Crippen LogP contribution in [0.2, 0.25) is 0 Å². The number of nitrogens with one attached hydrogen (secondary N) is 1. The summed E-state index contributed by atoms with van der Waals surface area (Å²) >= 11 is 0. The average Bonchev–Trinajstić information content (AvgIpc) is 3.22. The molecule has 0 aromatic carbocycles. The molecule has 1 aliphatic carbocycles. The quantitative estimate of drug-likeness (QED) is 0.817. The first kappa shape index (κ1) is 11.5. The minimum absolute atomic E-state index is 0.0665. The molecule has 0 unspecified atom stereocenters. The second-order valence-electron chi connectivity index (χ2n) is 4.99. The summed E-state index contributed by atoms with van der Waals surface area (Å²) in [4.78, 5) is 30.2. The molecule has 0 atom stereocenters. The van der Waals surface area contributed by atoms with Gasteiger partial charge in [-0.2, -0.15) is 0 Å². The summed E-state index contributed by atoms with van der Waals surface area (Å²) in [5.41, 5.74) is 0.167. The molecule has 1 N–H and O–H groups in total. The minimum Gasteiger partial charge on any atom is -0.335 e. The van der Waals surface area contributed by atoms with E-state index in [1.54, 1.807) is 12.1 Å². The monoisotopic (exact) mass is 247 g/mol. The molecule has 2 heterocycles. The normalized spacial score (nSPS) is 21.0. The summed E-state index contributed by atoms with van der Waals surface area (Å²) in [7, 11) is 0. The molecule has 1 aromatic rings. The van der Waals surface area contributed by atoms with Gasteiger partial charge in [-0.3, -0.25) is 14.5 Å². The largest absolute Gasteiger partial charge is 0.335 e. The van der Waals surface area contributed by atoms with Crippen molar-refractivity contribution in [2.24, 2.45) is 0 Å². The van der Waals surface area contributed by atoms with Gasteiger partial charge in [-0.1, -0.05) is 6.07 Å². The molecule has 3 rings (SSSR count). The number of carbonyl (C=O) groups excluding carboxylic acids is 1. The van der Waals surface area contributed by atoms with Crippen molar-refractivity contribution in [3.8, 4) is 0 Å². The van der Waals surface area contributed by atoms with Crippen LogP contribution in [0.15, 0.2) is 23.0 Å². The Balaban J connectivity index is 1.65. The number of H-pyrrole nitrogens is 1. The van der Waals surface area contributed by atoms with E-state index in [-0.39, 0.29) is 11.5 Å². The third-order valence-corrected chi connectivity index (χ3v) is 3.66. The zero-order valence-corrected chi connectivity index (χ0v) is 10.3. The minimum atomic E-state index is -0.225. The Bertz CT molecular complexity index is 499. The zero-order chi connectivity index (χ0) is 12.5. The van der Waals surface area contributed by atoms with Crippen LogP contribution in [0.25, 0.3) is 0 Å². The van der Waals surface area contributed by atoms with E-state index in [0.29, 0.717) is 5.69 Å². The Morgan fingerprint density at radius 2 is 1.89 bits per heavy atom. The fraction of sp³-hybridized carbons (Fsp3) is 0.538. The smallest absolute Gasteiger partial charge is 0.270 e. The fourth-order valence-electron chi connectivity index (χ4n) is 2.47. The van der Waals surface area contributed by atoms with Crippen molar-refractivity contribution in [3.05, 3.63) is 34.2 Å². The molecule has 1 amide bonds. The van der Waals surface area contributed by atoms with E-state index in [1.165, 1.54) is 18.9 Å². The van der Waals surface area contributed by atoms with Crippen LogP contribution in [0.1, 0.15) is 23.3 Å². The number of aromatic amines is 1. The summed E-state index contributed by atoms with van der Waals surface area (Å²) in [6.45, 7) is 3.42. The highest BCUT2D eigenvalue weighted by atomic mass is 16.2. The van der Waals surface area contributed by atoms with Crippen LogP contribution < -0.4 is 5.56 Å². The van der Waals surface area contributed by atoms with Crippen molar-refractivity contribution >= 4 is 5.91 Å². The third kappa shape index (κ3) is 2.31. The maximum Gasteiger partial charge on any atom is 0.270 e. The van der Waals surface area contributed by atoms with Gasteiger partial charge >= 0.3 is 0 Å². The third-order valence-electron chi connectivity index (χ3n) is 3.66. The Kier molecular flexibility index (Phi) is 2.91. The maximum absolute atomic E-state index is 12.2. The molecule has 5 nitrogen and oxygen atoms in total. The van der Waals surface area contributed by atoms with Crippen molar-refractivity contribution in [2.45, 2.75) is 18.9 Å². The standard InChI is InChI=1S/C13H17N3O2/c17-12-3-1-2-11(14-12)13(18)16-8-6-15(7-9-16)10-4-5-10/h1-3,10H,4-9H2,(H,14,17). The van der Waals surface area contributed by atoms with Crippen molar-refractivity contribution < 1.29 is 4.79 Å². The lowest BCUT2D eigenvalue weighted by Crippen LogP contribution is -2.49. The lowest BCUT2D eigenvalue weighted by Gasteiger charge is -2.34. The van der Waals surface area contributed by atoms with Gasteiger partial charge in [0.05, 0.1) is 0 Å². The molecule has 5 heteroatoms. The summed E-state index contributed by atoms with van der Waals surface area (Å²) in [6.07, 6.45) is 2.61. The lowest BCUT2D eigenvalue weighted by molar-refractivity contribution is 0.0621. The second-order valence-corrected chi connectivity index (χ2v) is 4.99. The molecule has 18 heavy (non-hydrogen) atoms. The Hall–Kier alpha value is -1.62. The Morgan fingerprint density at radius 3 is 2.50 bits per heavy atom. The highest BCUT2D eigenvalue weighted by Gasteiger charge is 2.32.